The zero-order chi connectivity index (χ0) is 16.7. The van der Waals surface area contributed by atoms with Crippen molar-refractivity contribution in [2.75, 3.05) is 13.1 Å². The highest BCUT2D eigenvalue weighted by atomic mass is 79.9. The van der Waals surface area contributed by atoms with Crippen LogP contribution < -0.4 is 10.6 Å². The van der Waals surface area contributed by atoms with Gasteiger partial charge in [-0.15, -0.1) is 11.3 Å². The second-order valence-electron chi connectivity index (χ2n) is 5.42. The van der Waals surface area contributed by atoms with Gasteiger partial charge in [-0.25, -0.2) is 4.99 Å². The summed E-state index contributed by atoms with van der Waals surface area (Å²) in [7, 11) is 0. The average Bonchev–Trinajstić information content (AvgIpc) is 2.96. The Kier molecular flexibility index (Phi) is 6.62. The number of aliphatic hydroxyl groups is 1. The minimum atomic E-state index is -0.955. The number of aliphatic imine (C=N–C) groups is 1. The van der Waals surface area contributed by atoms with Crippen molar-refractivity contribution in [1.82, 2.24) is 10.6 Å². The van der Waals surface area contributed by atoms with Crippen molar-refractivity contribution in [3.05, 3.63) is 56.7 Å². The molecule has 0 aliphatic rings. The number of guanidine groups is 1. The molecule has 1 unspecified atom stereocenters. The van der Waals surface area contributed by atoms with Gasteiger partial charge in [0.25, 0.3) is 0 Å². The van der Waals surface area contributed by atoms with E-state index in [-0.39, 0.29) is 0 Å². The molecule has 6 heteroatoms. The van der Waals surface area contributed by atoms with Crippen molar-refractivity contribution in [2.24, 2.45) is 4.99 Å². The zero-order valence-corrected chi connectivity index (χ0v) is 15.7. The maximum Gasteiger partial charge on any atom is 0.191 e. The predicted molar refractivity (Wildman–Crippen MR) is 101 cm³/mol. The summed E-state index contributed by atoms with van der Waals surface area (Å²) in [4.78, 5) is 5.75. The van der Waals surface area contributed by atoms with E-state index < -0.39 is 5.60 Å². The fourth-order valence-electron chi connectivity index (χ4n) is 2.09. The lowest BCUT2D eigenvalue weighted by atomic mass is 9.96. The molecule has 0 amide bonds. The maximum absolute atomic E-state index is 10.6. The molecule has 23 heavy (non-hydrogen) atoms. The number of nitrogens with zero attached hydrogens (tertiary/aromatic N) is 1. The third kappa shape index (κ3) is 5.64. The Morgan fingerprint density at radius 2 is 2.04 bits per heavy atom. The summed E-state index contributed by atoms with van der Waals surface area (Å²) < 4.78 is 1.08. The first-order chi connectivity index (χ1) is 11.0. The Bertz CT molecular complexity index is 640. The SMILES string of the molecule is CCNC(=NCc1cc(Br)cs1)NCC(C)(O)c1ccccc1. The molecule has 2 aromatic rings. The molecule has 1 aromatic carbocycles. The molecular weight excluding hydrogens is 374 g/mol. The van der Waals surface area contributed by atoms with Gasteiger partial charge < -0.3 is 15.7 Å². The van der Waals surface area contributed by atoms with Gasteiger partial charge in [0.2, 0.25) is 0 Å². The molecule has 1 heterocycles. The van der Waals surface area contributed by atoms with E-state index in [0.717, 1.165) is 16.6 Å². The quantitative estimate of drug-likeness (QED) is 0.518. The molecule has 0 aliphatic heterocycles. The van der Waals surface area contributed by atoms with Crippen LogP contribution in [0.4, 0.5) is 0 Å². The largest absolute Gasteiger partial charge is 0.384 e. The second kappa shape index (κ2) is 8.47. The Morgan fingerprint density at radius 1 is 1.30 bits per heavy atom. The predicted octanol–water partition coefficient (Wildman–Crippen LogP) is 3.47. The topological polar surface area (TPSA) is 56.7 Å². The Labute approximate surface area is 149 Å². The first kappa shape index (κ1) is 18.0. The van der Waals surface area contributed by atoms with Gasteiger partial charge >= 0.3 is 0 Å². The van der Waals surface area contributed by atoms with E-state index in [9.17, 15) is 5.11 Å². The highest BCUT2D eigenvalue weighted by Gasteiger charge is 2.22. The van der Waals surface area contributed by atoms with Crippen molar-refractivity contribution < 1.29 is 5.11 Å². The standard InChI is InChI=1S/C17H22BrN3OS/c1-3-19-16(20-10-15-9-14(18)11-23-15)21-12-17(2,22)13-7-5-4-6-8-13/h4-9,11,22H,3,10,12H2,1-2H3,(H2,19,20,21). The molecule has 2 rings (SSSR count). The summed E-state index contributed by atoms with van der Waals surface area (Å²) >= 11 is 5.12. The molecule has 0 saturated carbocycles. The number of benzene rings is 1. The molecule has 3 N–H and O–H groups in total. The van der Waals surface area contributed by atoms with E-state index in [4.69, 9.17) is 0 Å². The van der Waals surface area contributed by atoms with Crippen molar-refractivity contribution >= 4 is 33.2 Å². The van der Waals surface area contributed by atoms with E-state index >= 15 is 0 Å². The first-order valence-corrected chi connectivity index (χ1v) is 9.21. The van der Waals surface area contributed by atoms with Crippen molar-refractivity contribution in [3.63, 3.8) is 0 Å². The lowest BCUT2D eigenvalue weighted by Crippen LogP contribution is -2.44. The van der Waals surface area contributed by atoms with Crippen LogP contribution in [0.15, 0.2) is 51.2 Å². The van der Waals surface area contributed by atoms with Crippen LogP contribution >= 0.6 is 27.3 Å². The van der Waals surface area contributed by atoms with Crippen molar-refractivity contribution in [3.8, 4) is 0 Å². The van der Waals surface area contributed by atoms with Gasteiger partial charge in [0, 0.05) is 21.3 Å². The van der Waals surface area contributed by atoms with Crippen molar-refractivity contribution in [2.45, 2.75) is 26.0 Å². The number of nitrogens with one attached hydrogen (secondary N) is 2. The Hall–Kier alpha value is -1.37. The minimum Gasteiger partial charge on any atom is -0.384 e. The molecule has 1 atom stereocenters. The van der Waals surface area contributed by atoms with E-state index in [2.05, 4.69) is 37.6 Å². The summed E-state index contributed by atoms with van der Waals surface area (Å²) in [6.45, 7) is 5.59. The third-order valence-corrected chi connectivity index (χ3v) is 5.04. The molecular formula is C17H22BrN3OS. The van der Waals surface area contributed by atoms with Crippen LogP contribution in [0.1, 0.15) is 24.3 Å². The summed E-state index contributed by atoms with van der Waals surface area (Å²) in [5, 5.41) is 19.1. The molecule has 0 saturated heterocycles. The van der Waals surface area contributed by atoms with Crippen LogP contribution in [0.5, 0.6) is 0 Å². The van der Waals surface area contributed by atoms with Crippen LogP contribution in [0.2, 0.25) is 0 Å². The van der Waals surface area contributed by atoms with Gasteiger partial charge in [-0.1, -0.05) is 30.3 Å². The minimum absolute atomic E-state index is 0.386. The molecule has 0 radical (unpaired) electrons. The summed E-state index contributed by atoms with van der Waals surface area (Å²) in [6, 6.07) is 11.7. The van der Waals surface area contributed by atoms with Gasteiger partial charge in [0.05, 0.1) is 13.1 Å². The van der Waals surface area contributed by atoms with E-state index in [1.807, 2.05) is 42.6 Å². The third-order valence-electron chi connectivity index (χ3n) is 3.35. The van der Waals surface area contributed by atoms with Gasteiger partial charge in [0.15, 0.2) is 5.96 Å². The van der Waals surface area contributed by atoms with E-state index in [1.165, 1.54) is 4.88 Å². The monoisotopic (exact) mass is 395 g/mol. The fraction of sp³-hybridized carbons (Fsp3) is 0.353. The van der Waals surface area contributed by atoms with Crippen LogP contribution in [0.3, 0.4) is 0 Å². The van der Waals surface area contributed by atoms with Crippen LogP contribution in [0, 0.1) is 0 Å². The highest BCUT2D eigenvalue weighted by Crippen LogP contribution is 2.21. The summed E-state index contributed by atoms with van der Waals surface area (Å²) in [5.74, 6) is 0.702. The first-order valence-electron chi connectivity index (χ1n) is 7.54. The van der Waals surface area contributed by atoms with Crippen LogP contribution in [-0.2, 0) is 12.1 Å². The molecule has 0 spiro atoms. The Balaban J connectivity index is 1.98. The number of hydrogen-bond acceptors (Lipinski definition) is 3. The van der Waals surface area contributed by atoms with E-state index in [0.29, 0.717) is 19.0 Å². The van der Waals surface area contributed by atoms with Crippen LogP contribution in [-0.4, -0.2) is 24.2 Å². The lowest BCUT2D eigenvalue weighted by molar-refractivity contribution is 0.0617. The molecule has 1 aromatic heterocycles. The maximum atomic E-state index is 10.6. The summed E-state index contributed by atoms with van der Waals surface area (Å²) in [5.41, 5.74) is -0.0748. The normalized spacial score (nSPS) is 14.3. The fourth-order valence-corrected chi connectivity index (χ4v) is 3.46. The van der Waals surface area contributed by atoms with Crippen LogP contribution in [0.25, 0.3) is 0 Å². The summed E-state index contributed by atoms with van der Waals surface area (Å²) in [6.07, 6.45) is 0. The number of rotatable bonds is 6. The number of thiophene rings is 1. The molecule has 0 bridgehead atoms. The van der Waals surface area contributed by atoms with Crippen molar-refractivity contribution in [1.29, 1.82) is 0 Å². The Morgan fingerprint density at radius 3 is 2.65 bits per heavy atom. The van der Waals surface area contributed by atoms with Gasteiger partial charge in [0.1, 0.15) is 5.60 Å². The second-order valence-corrected chi connectivity index (χ2v) is 7.33. The number of halogens is 1. The molecule has 124 valence electrons. The van der Waals surface area contributed by atoms with E-state index in [1.54, 1.807) is 18.3 Å². The zero-order valence-electron chi connectivity index (χ0n) is 13.3. The van der Waals surface area contributed by atoms with Gasteiger partial charge in [-0.05, 0) is 41.4 Å². The van der Waals surface area contributed by atoms with Gasteiger partial charge in [-0.2, -0.15) is 0 Å². The highest BCUT2D eigenvalue weighted by molar-refractivity contribution is 9.10. The average molecular weight is 396 g/mol. The molecule has 4 nitrogen and oxygen atoms in total. The lowest BCUT2D eigenvalue weighted by Gasteiger charge is -2.25. The number of hydrogen-bond donors (Lipinski definition) is 3. The smallest absolute Gasteiger partial charge is 0.191 e. The van der Waals surface area contributed by atoms with Gasteiger partial charge in [-0.3, -0.25) is 0 Å². The molecule has 0 fully saturated rings. The molecule has 0 aliphatic carbocycles.